The van der Waals surface area contributed by atoms with Crippen molar-refractivity contribution < 1.29 is 14.2 Å². The van der Waals surface area contributed by atoms with Crippen molar-refractivity contribution in [3.63, 3.8) is 0 Å². The molecule has 6 nitrogen and oxygen atoms in total. The van der Waals surface area contributed by atoms with Gasteiger partial charge in [-0.25, -0.2) is 5.06 Å². The first-order valence-corrected chi connectivity index (χ1v) is 7.24. The Labute approximate surface area is 118 Å². The van der Waals surface area contributed by atoms with E-state index in [1.807, 2.05) is 19.9 Å². The van der Waals surface area contributed by atoms with Crippen molar-refractivity contribution >= 4 is 5.91 Å². The third kappa shape index (κ3) is 2.58. The summed E-state index contributed by atoms with van der Waals surface area (Å²) in [5, 5.41) is 5.54. The SMILES string of the molecule is CCN1OC2(CCN(Cc3cc(C)on3)CC2)CC1=O. The Morgan fingerprint density at radius 2 is 2.15 bits per heavy atom. The first kappa shape index (κ1) is 13.6. The highest BCUT2D eigenvalue weighted by Gasteiger charge is 2.46. The lowest BCUT2D eigenvalue weighted by Gasteiger charge is -2.37. The van der Waals surface area contributed by atoms with Crippen molar-refractivity contribution in [2.24, 2.45) is 0 Å². The fourth-order valence-corrected chi connectivity index (χ4v) is 3.03. The molecular formula is C14H21N3O3. The number of amides is 1. The first-order valence-electron chi connectivity index (χ1n) is 7.24. The summed E-state index contributed by atoms with van der Waals surface area (Å²) in [6, 6.07) is 1.97. The Morgan fingerprint density at radius 1 is 1.40 bits per heavy atom. The van der Waals surface area contributed by atoms with Gasteiger partial charge < -0.3 is 4.52 Å². The summed E-state index contributed by atoms with van der Waals surface area (Å²) in [7, 11) is 0. The zero-order valence-corrected chi connectivity index (χ0v) is 12.1. The Bertz CT molecular complexity index is 492. The van der Waals surface area contributed by atoms with E-state index in [0.29, 0.717) is 13.0 Å². The molecule has 2 saturated heterocycles. The molecule has 0 bridgehead atoms. The predicted octanol–water partition coefficient (Wildman–Crippen LogP) is 1.50. The molecule has 6 heteroatoms. The van der Waals surface area contributed by atoms with Gasteiger partial charge in [-0.1, -0.05) is 5.16 Å². The fraction of sp³-hybridized carbons (Fsp3) is 0.714. The maximum atomic E-state index is 11.8. The molecule has 0 unspecified atom stereocenters. The van der Waals surface area contributed by atoms with Crippen LogP contribution in [0.1, 0.15) is 37.6 Å². The third-order valence-corrected chi connectivity index (χ3v) is 4.17. The average Bonchev–Trinajstić information content (AvgIpc) is 2.97. The van der Waals surface area contributed by atoms with E-state index in [4.69, 9.17) is 9.36 Å². The Kier molecular flexibility index (Phi) is 3.52. The van der Waals surface area contributed by atoms with Crippen molar-refractivity contribution in [2.75, 3.05) is 19.6 Å². The summed E-state index contributed by atoms with van der Waals surface area (Å²) < 4.78 is 5.09. The summed E-state index contributed by atoms with van der Waals surface area (Å²) in [5.41, 5.74) is 0.709. The van der Waals surface area contributed by atoms with Gasteiger partial charge in [0.25, 0.3) is 0 Å². The van der Waals surface area contributed by atoms with Crippen LogP contribution in [0.25, 0.3) is 0 Å². The van der Waals surface area contributed by atoms with Crippen LogP contribution in [0.4, 0.5) is 0 Å². The maximum absolute atomic E-state index is 11.8. The second-order valence-corrected chi connectivity index (χ2v) is 5.74. The average molecular weight is 279 g/mol. The highest BCUT2D eigenvalue weighted by Crippen LogP contribution is 2.36. The number of aryl methyl sites for hydroxylation is 1. The summed E-state index contributed by atoms with van der Waals surface area (Å²) in [6.45, 7) is 7.13. The van der Waals surface area contributed by atoms with Crippen molar-refractivity contribution in [2.45, 2.75) is 45.3 Å². The lowest BCUT2D eigenvalue weighted by Crippen LogP contribution is -2.44. The van der Waals surface area contributed by atoms with Crippen LogP contribution in [-0.2, 0) is 16.2 Å². The number of piperidine rings is 1. The lowest BCUT2D eigenvalue weighted by molar-refractivity contribution is -0.208. The van der Waals surface area contributed by atoms with E-state index in [-0.39, 0.29) is 11.5 Å². The molecule has 20 heavy (non-hydrogen) atoms. The van der Waals surface area contributed by atoms with Gasteiger partial charge in [-0.2, -0.15) is 0 Å². The molecule has 0 N–H and O–H groups in total. The topological polar surface area (TPSA) is 58.8 Å². The van der Waals surface area contributed by atoms with Crippen LogP contribution in [0.2, 0.25) is 0 Å². The summed E-state index contributed by atoms with van der Waals surface area (Å²) in [5.74, 6) is 0.963. The van der Waals surface area contributed by atoms with Gasteiger partial charge in [0.15, 0.2) is 0 Å². The van der Waals surface area contributed by atoms with Gasteiger partial charge in [0.2, 0.25) is 5.91 Å². The van der Waals surface area contributed by atoms with Crippen LogP contribution in [0.15, 0.2) is 10.6 Å². The molecule has 110 valence electrons. The molecule has 2 aliphatic rings. The molecule has 3 heterocycles. The zero-order valence-electron chi connectivity index (χ0n) is 12.1. The number of hydroxylamine groups is 2. The van der Waals surface area contributed by atoms with Crippen LogP contribution >= 0.6 is 0 Å². The Hall–Kier alpha value is -1.40. The van der Waals surface area contributed by atoms with Gasteiger partial charge in [0.05, 0.1) is 12.1 Å². The summed E-state index contributed by atoms with van der Waals surface area (Å²) in [4.78, 5) is 20.0. The molecule has 0 aromatic carbocycles. The van der Waals surface area contributed by atoms with Gasteiger partial charge in [-0.3, -0.25) is 14.5 Å². The number of carbonyl (C=O) groups excluding carboxylic acids is 1. The van der Waals surface area contributed by atoms with E-state index in [9.17, 15) is 4.79 Å². The van der Waals surface area contributed by atoms with Crippen LogP contribution < -0.4 is 0 Å². The summed E-state index contributed by atoms with van der Waals surface area (Å²) >= 11 is 0. The number of carbonyl (C=O) groups is 1. The molecule has 0 saturated carbocycles. The molecular weight excluding hydrogens is 258 g/mol. The molecule has 1 aromatic heterocycles. The van der Waals surface area contributed by atoms with E-state index in [2.05, 4.69) is 10.1 Å². The van der Waals surface area contributed by atoms with Gasteiger partial charge in [-0.05, 0) is 26.7 Å². The van der Waals surface area contributed by atoms with Gasteiger partial charge in [0, 0.05) is 32.2 Å². The summed E-state index contributed by atoms with van der Waals surface area (Å²) in [6.07, 6.45) is 2.32. The smallest absolute Gasteiger partial charge is 0.249 e. The monoisotopic (exact) mass is 279 g/mol. The standard InChI is InChI=1S/C14H21N3O3/c1-3-17-13(18)9-14(20-17)4-6-16(7-5-14)10-12-8-11(2)19-15-12/h8H,3-7,9-10H2,1-2H3. The number of likely N-dealkylation sites (tertiary alicyclic amines) is 1. The molecule has 1 spiro atoms. The molecule has 0 aliphatic carbocycles. The molecule has 0 radical (unpaired) electrons. The van der Waals surface area contributed by atoms with Gasteiger partial charge in [0.1, 0.15) is 11.4 Å². The maximum Gasteiger partial charge on any atom is 0.249 e. The van der Waals surface area contributed by atoms with Crippen molar-refractivity contribution in [1.82, 2.24) is 15.1 Å². The van der Waals surface area contributed by atoms with Crippen LogP contribution in [0.5, 0.6) is 0 Å². The molecule has 3 rings (SSSR count). The molecule has 2 aliphatic heterocycles. The van der Waals surface area contributed by atoms with E-state index in [1.165, 1.54) is 5.06 Å². The van der Waals surface area contributed by atoms with Gasteiger partial charge >= 0.3 is 0 Å². The molecule has 1 aromatic rings. The second kappa shape index (κ2) is 5.18. The normalized spacial score (nSPS) is 22.9. The minimum atomic E-state index is -0.261. The quantitative estimate of drug-likeness (QED) is 0.839. The number of nitrogens with zero attached hydrogens (tertiary/aromatic N) is 3. The van der Waals surface area contributed by atoms with E-state index >= 15 is 0 Å². The third-order valence-electron chi connectivity index (χ3n) is 4.17. The molecule has 2 fully saturated rings. The number of hydrogen-bond acceptors (Lipinski definition) is 5. The van der Waals surface area contributed by atoms with Crippen molar-refractivity contribution in [1.29, 1.82) is 0 Å². The van der Waals surface area contributed by atoms with Crippen molar-refractivity contribution in [3.05, 3.63) is 17.5 Å². The fourth-order valence-electron chi connectivity index (χ4n) is 3.03. The number of rotatable bonds is 3. The van der Waals surface area contributed by atoms with Gasteiger partial charge in [-0.15, -0.1) is 0 Å². The highest BCUT2D eigenvalue weighted by atomic mass is 16.7. The van der Waals surface area contributed by atoms with E-state index in [1.54, 1.807) is 0 Å². The molecule has 0 atom stereocenters. The lowest BCUT2D eigenvalue weighted by atomic mass is 9.88. The minimum Gasteiger partial charge on any atom is -0.361 e. The van der Waals surface area contributed by atoms with E-state index < -0.39 is 0 Å². The van der Waals surface area contributed by atoms with Crippen LogP contribution in [-0.4, -0.2) is 46.3 Å². The van der Waals surface area contributed by atoms with Crippen LogP contribution in [0.3, 0.4) is 0 Å². The second-order valence-electron chi connectivity index (χ2n) is 5.74. The van der Waals surface area contributed by atoms with Crippen LogP contribution in [0, 0.1) is 6.92 Å². The van der Waals surface area contributed by atoms with E-state index in [0.717, 1.165) is 43.9 Å². The number of aromatic nitrogens is 1. The first-order chi connectivity index (χ1) is 9.60. The zero-order chi connectivity index (χ0) is 14.2. The minimum absolute atomic E-state index is 0.119. The molecule has 1 amide bonds. The Balaban J connectivity index is 1.56. The Morgan fingerprint density at radius 3 is 2.70 bits per heavy atom. The largest absolute Gasteiger partial charge is 0.361 e. The van der Waals surface area contributed by atoms with Crippen molar-refractivity contribution in [3.8, 4) is 0 Å². The predicted molar refractivity (Wildman–Crippen MR) is 71.6 cm³/mol. The number of hydrogen-bond donors (Lipinski definition) is 0. The highest BCUT2D eigenvalue weighted by molar-refractivity contribution is 5.78.